The van der Waals surface area contributed by atoms with Gasteiger partial charge >= 0.3 is 19.8 Å². The van der Waals surface area contributed by atoms with Crippen LogP contribution < -0.4 is 0 Å². The van der Waals surface area contributed by atoms with Gasteiger partial charge in [0.05, 0.1) is 27.7 Å². The van der Waals surface area contributed by atoms with Gasteiger partial charge in [0.25, 0.3) is 0 Å². The van der Waals surface area contributed by atoms with Gasteiger partial charge in [0.15, 0.2) is 6.10 Å². The zero-order chi connectivity index (χ0) is 50.6. The molecule has 408 valence electrons. The third-order valence-corrected chi connectivity index (χ3v) is 14.2. The highest BCUT2D eigenvalue weighted by molar-refractivity contribution is 7.47. The van der Waals surface area contributed by atoms with E-state index in [1.165, 1.54) is 218 Å². The van der Waals surface area contributed by atoms with Gasteiger partial charge in [-0.2, -0.15) is 0 Å². The van der Waals surface area contributed by atoms with Crippen molar-refractivity contribution in [2.45, 2.75) is 296 Å². The van der Waals surface area contributed by atoms with E-state index in [9.17, 15) is 19.0 Å². The lowest BCUT2D eigenvalue weighted by molar-refractivity contribution is -0.870. The Kier molecular flexibility index (Phi) is 50.3. The van der Waals surface area contributed by atoms with Crippen LogP contribution in [0.5, 0.6) is 0 Å². The fraction of sp³-hybridized carbons (Fsp3) is 0.898. The molecule has 0 rings (SSSR count). The first kappa shape index (κ1) is 67.5. The molecule has 0 aliphatic rings. The topological polar surface area (TPSA) is 108 Å². The Balaban J connectivity index is 3.88. The van der Waals surface area contributed by atoms with Crippen molar-refractivity contribution in [2.24, 2.45) is 0 Å². The average Bonchev–Trinajstić information content (AvgIpc) is 3.31. The first-order valence-electron chi connectivity index (χ1n) is 29.6. The molecule has 2 atom stereocenters. The molecular weight excluding hydrogens is 882 g/mol. The zero-order valence-electron chi connectivity index (χ0n) is 46.3. The van der Waals surface area contributed by atoms with Crippen LogP contribution in [0.25, 0.3) is 0 Å². The number of phosphoric acid groups is 1. The zero-order valence-corrected chi connectivity index (χ0v) is 47.2. The number of hydrogen-bond acceptors (Lipinski definition) is 7. The minimum absolute atomic E-state index is 0.0355. The molecule has 69 heavy (non-hydrogen) atoms. The van der Waals surface area contributed by atoms with Gasteiger partial charge in [0.2, 0.25) is 0 Å². The largest absolute Gasteiger partial charge is 0.472 e. The Labute approximate surface area is 428 Å². The van der Waals surface area contributed by atoms with Gasteiger partial charge in [-0.15, -0.1) is 0 Å². The molecule has 0 aromatic rings. The van der Waals surface area contributed by atoms with Crippen LogP contribution in [0.15, 0.2) is 24.3 Å². The predicted octanol–water partition coefficient (Wildman–Crippen LogP) is 18.2. The van der Waals surface area contributed by atoms with E-state index < -0.39 is 26.5 Å². The highest BCUT2D eigenvalue weighted by Crippen LogP contribution is 2.43. The normalized spacial score (nSPS) is 13.4. The summed E-state index contributed by atoms with van der Waals surface area (Å²) in [5, 5.41) is 0. The van der Waals surface area contributed by atoms with Crippen LogP contribution in [0.2, 0.25) is 0 Å². The Hall–Kier alpha value is -1.51. The number of quaternary nitrogens is 1. The van der Waals surface area contributed by atoms with Gasteiger partial charge in [-0.25, -0.2) is 4.57 Å². The quantitative estimate of drug-likeness (QED) is 0.0211. The summed E-state index contributed by atoms with van der Waals surface area (Å²) in [6, 6.07) is 0. The number of nitrogens with zero attached hydrogens (tertiary/aromatic N) is 1. The van der Waals surface area contributed by atoms with Gasteiger partial charge in [-0.3, -0.25) is 18.6 Å². The van der Waals surface area contributed by atoms with Gasteiger partial charge < -0.3 is 18.9 Å². The van der Waals surface area contributed by atoms with Crippen LogP contribution in [-0.2, 0) is 32.7 Å². The molecule has 0 saturated carbocycles. The Morgan fingerprint density at radius 3 is 1.14 bits per heavy atom. The molecule has 10 heteroatoms. The molecule has 0 amide bonds. The van der Waals surface area contributed by atoms with Gasteiger partial charge in [-0.05, 0) is 44.9 Å². The number of unbranched alkanes of at least 4 members (excludes halogenated alkanes) is 37. The summed E-state index contributed by atoms with van der Waals surface area (Å²) < 4.78 is 34.4. The summed E-state index contributed by atoms with van der Waals surface area (Å²) >= 11 is 0. The third kappa shape index (κ3) is 55.7. The number of allylic oxidation sites excluding steroid dienone is 4. The highest BCUT2D eigenvalue weighted by Gasteiger charge is 2.27. The average molecular weight is 998 g/mol. The molecule has 0 radical (unpaired) electrons. The summed E-state index contributed by atoms with van der Waals surface area (Å²) in [7, 11) is 1.49. The fourth-order valence-corrected chi connectivity index (χ4v) is 9.38. The van der Waals surface area contributed by atoms with Crippen molar-refractivity contribution < 1.29 is 42.1 Å². The van der Waals surface area contributed by atoms with Crippen molar-refractivity contribution in [3.05, 3.63) is 24.3 Å². The maximum absolute atomic E-state index is 12.8. The molecule has 0 heterocycles. The van der Waals surface area contributed by atoms with Crippen LogP contribution >= 0.6 is 7.82 Å². The number of esters is 2. The highest BCUT2D eigenvalue weighted by atomic mass is 31.2. The van der Waals surface area contributed by atoms with Crippen LogP contribution in [-0.4, -0.2) is 74.9 Å². The van der Waals surface area contributed by atoms with Crippen LogP contribution in [0.4, 0.5) is 0 Å². The van der Waals surface area contributed by atoms with Crippen molar-refractivity contribution in [1.82, 2.24) is 0 Å². The van der Waals surface area contributed by atoms with Crippen molar-refractivity contribution in [2.75, 3.05) is 47.5 Å². The summed E-state index contributed by atoms with van der Waals surface area (Å²) in [6.07, 6.45) is 61.4. The Morgan fingerprint density at radius 1 is 0.449 bits per heavy atom. The SMILES string of the molecule is CCCCCCC/C=C\C/C=C\CCCCCCCCCCCCCCCCCCCCCCCCCC(=O)OC(COC(=O)CCCCCCCCCCCC)COP(=O)(O)OCC[N+](C)(C)C. The fourth-order valence-electron chi connectivity index (χ4n) is 8.64. The van der Waals surface area contributed by atoms with Crippen LogP contribution in [0, 0.1) is 0 Å². The number of phosphoric ester groups is 1. The van der Waals surface area contributed by atoms with E-state index >= 15 is 0 Å². The maximum atomic E-state index is 12.8. The van der Waals surface area contributed by atoms with E-state index in [0.29, 0.717) is 23.9 Å². The lowest BCUT2D eigenvalue weighted by atomic mass is 10.0. The van der Waals surface area contributed by atoms with Crippen LogP contribution in [0.1, 0.15) is 290 Å². The van der Waals surface area contributed by atoms with E-state index in [4.69, 9.17) is 18.5 Å². The summed E-state index contributed by atoms with van der Waals surface area (Å²) in [5.74, 6) is -0.784. The van der Waals surface area contributed by atoms with Crippen molar-refractivity contribution in [1.29, 1.82) is 0 Å². The molecule has 0 aromatic heterocycles. The smallest absolute Gasteiger partial charge is 0.462 e. The molecule has 0 saturated heterocycles. The molecule has 9 nitrogen and oxygen atoms in total. The molecule has 1 N–H and O–H groups in total. The molecule has 0 spiro atoms. The van der Waals surface area contributed by atoms with E-state index in [-0.39, 0.29) is 25.6 Å². The molecule has 0 fully saturated rings. The lowest BCUT2D eigenvalue weighted by Crippen LogP contribution is -2.37. The van der Waals surface area contributed by atoms with Crippen molar-refractivity contribution in [3.8, 4) is 0 Å². The Bertz CT molecular complexity index is 1220. The summed E-state index contributed by atoms with van der Waals surface area (Å²) in [4.78, 5) is 35.5. The standard InChI is InChI=1S/C59H114NO8P/c1-6-8-10-12-14-16-18-19-20-21-22-23-24-25-26-27-28-29-30-31-32-33-34-35-36-37-38-39-40-41-42-44-46-48-50-52-59(62)68-57(56-67-69(63,64)66-54-53-60(3,4)5)55-65-58(61)51-49-47-45-43-17-15-13-11-9-7-2/h18-19,21-22,57H,6-17,20,23-56H2,1-5H3/p+1/b19-18-,22-21-. The van der Waals surface area contributed by atoms with Gasteiger partial charge in [0.1, 0.15) is 19.8 Å². The Morgan fingerprint density at radius 2 is 0.783 bits per heavy atom. The molecular formula is C59H115NO8P+. The van der Waals surface area contributed by atoms with Gasteiger partial charge in [0, 0.05) is 12.8 Å². The first-order chi connectivity index (χ1) is 33.5. The minimum Gasteiger partial charge on any atom is -0.462 e. The minimum atomic E-state index is -4.37. The molecule has 0 aromatic carbocycles. The van der Waals surface area contributed by atoms with E-state index in [2.05, 4.69) is 38.2 Å². The van der Waals surface area contributed by atoms with Gasteiger partial charge in [-0.1, -0.05) is 256 Å². The second-order valence-corrected chi connectivity index (χ2v) is 22.8. The second-order valence-electron chi connectivity index (χ2n) is 21.4. The lowest BCUT2D eigenvalue weighted by Gasteiger charge is -2.24. The first-order valence-corrected chi connectivity index (χ1v) is 31.1. The monoisotopic (exact) mass is 997 g/mol. The molecule has 0 aliphatic heterocycles. The molecule has 2 unspecified atom stereocenters. The number of carbonyl (C=O) groups is 2. The van der Waals surface area contributed by atoms with E-state index in [0.717, 1.165) is 38.5 Å². The molecule has 0 aliphatic carbocycles. The number of ether oxygens (including phenoxy) is 2. The number of hydrogen-bond donors (Lipinski definition) is 1. The van der Waals surface area contributed by atoms with E-state index in [1.54, 1.807) is 0 Å². The summed E-state index contributed by atoms with van der Waals surface area (Å²) in [5.41, 5.74) is 0. The summed E-state index contributed by atoms with van der Waals surface area (Å²) in [6.45, 7) is 4.44. The maximum Gasteiger partial charge on any atom is 0.472 e. The van der Waals surface area contributed by atoms with Crippen molar-refractivity contribution >= 4 is 19.8 Å². The number of rotatable bonds is 55. The van der Waals surface area contributed by atoms with Crippen LogP contribution in [0.3, 0.4) is 0 Å². The van der Waals surface area contributed by atoms with Crippen molar-refractivity contribution in [3.63, 3.8) is 0 Å². The predicted molar refractivity (Wildman–Crippen MR) is 294 cm³/mol. The number of carbonyl (C=O) groups excluding carboxylic acids is 2. The second kappa shape index (κ2) is 51.4. The van der Waals surface area contributed by atoms with E-state index in [1.807, 2.05) is 21.1 Å². The molecule has 0 bridgehead atoms. The number of likely N-dealkylation sites (N-methyl/N-ethyl adjacent to an activating group) is 1. The third-order valence-electron chi connectivity index (χ3n) is 13.2.